The minimum atomic E-state index is -0.899. The highest BCUT2D eigenvalue weighted by Crippen LogP contribution is 2.36. The molecule has 4 nitrogen and oxygen atoms in total. The number of pyridine rings is 1. The van der Waals surface area contributed by atoms with E-state index >= 15 is 0 Å². The zero-order valence-corrected chi connectivity index (χ0v) is 12.4. The predicted molar refractivity (Wildman–Crippen MR) is 82.8 cm³/mol. The molecule has 0 aliphatic heterocycles. The van der Waals surface area contributed by atoms with Crippen LogP contribution in [0.5, 0.6) is 0 Å². The van der Waals surface area contributed by atoms with Crippen LogP contribution in [0.4, 0.5) is 0 Å². The summed E-state index contributed by atoms with van der Waals surface area (Å²) in [5.74, 6) is -0.418. The van der Waals surface area contributed by atoms with Gasteiger partial charge in [-0.1, -0.05) is 12.1 Å². The van der Waals surface area contributed by atoms with Crippen molar-refractivity contribution in [3.8, 4) is 0 Å². The number of benzene rings is 1. The summed E-state index contributed by atoms with van der Waals surface area (Å²) in [7, 11) is 4.25. The standard InChI is InChI=1S/C17H20N2O2/c1-19(2)12-7-6-11(10-12)15-9-8-13-14(17(20)21)4-3-5-16(13)18-15/h3-5,8-9,11-12H,6-7,10H2,1-2H3,(H,20,21). The van der Waals surface area contributed by atoms with Crippen molar-refractivity contribution in [1.82, 2.24) is 9.88 Å². The molecule has 3 rings (SSSR count). The molecule has 0 amide bonds. The third kappa shape index (κ3) is 2.63. The van der Waals surface area contributed by atoms with E-state index in [1.54, 1.807) is 12.1 Å². The molecule has 0 saturated heterocycles. The monoisotopic (exact) mass is 284 g/mol. The summed E-state index contributed by atoms with van der Waals surface area (Å²) in [6.07, 6.45) is 3.48. The molecule has 4 heteroatoms. The van der Waals surface area contributed by atoms with Gasteiger partial charge in [-0.15, -0.1) is 0 Å². The average Bonchev–Trinajstić information content (AvgIpc) is 2.96. The quantitative estimate of drug-likeness (QED) is 0.940. The SMILES string of the molecule is CN(C)C1CCC(c2ccc3c(C(=O)O)cccc3n2)C1. The van der Waals surface area contributed by atoms with E-state index in [1.807, 2.05) is 18.2 Å². The van der Waals surface area contributed by atoms with Gasteiger partial charge in [0.1, 0.15) is 0 Å². The Morgan fingerprint density at radius 3 is 2.71 bits per heavy atom. The summed E-state index contributed by atoms with van der Waals surface area (Å²) in [4.78, 5) is 18.2. The molecule has 0 spiro atoms. The third-order valence-corrected chi connectivity index (χ3v) is 4.54. The van der Waals surface area contributed by atoms with E-state index in [-0.39, 0.29) is 0 Å². The van der Waals surface area contributed by atoms with Gasteiger partial charge in [0.25, 0.3) is 0 Å². The van der Waals surface area contributed by atoms with Crippen LogP contribution in [0, 0.1) is 0 Å². The molecule has 1 N–H and O–H groups in total. The highest BCUT2D eigenvalue weighted by molar-refractivity contribution is 6.02. The number of carbonyl (C=O) groups is 1. The lowest BCUT2D eigenvalue weighted by Crippen LogP contribution is -2.24. The minimum Gasteiger partial charge on any atom is -0.478 e. The number of aromatic carboxylic acids is 1. The molecular formula is C17H20N2O2. The first-order valence-electron chi connectivity index (χ1n) is 7.35. The maximum absolute atomic E-state index is 11.2. The summed E-state index contributed by atoms with van der Waals surface area (Å²) in [6, 6.07) is 9.81. The molecular weight excluding hydrogens is 264 g/mol. The normalized spacial score (nSPS) is 22.0. The Balaban J connectivity index is 1.94. The van der Waals surface area contributed by atoms with E-state index in [0.29, 0.717) is 17.5 Å². The van der Waals surface area contributed by atoms with Gasteiger partial charge in [0.2, 0.25) is 0 Å². The Morgan fingerprint density at radius 2 is 2.05 bits per heavy atom. The molecule has 1 aromatic carbocycles. The predicted octanol–water partition coefficient (Wildman–Crippen LogP) is 3.13. The Labute approximate surface area is 124 Å². The number of nitrogens with zero attached hydrogens (tertiary/aromatic N) is 2. The second-order valence-corrected chi connectivity index (χ2v) is 6.04. The summed E-state index contributed by atoms with van der Waals surface area (Å²) in [6.45, 7) is 0. The molecule has 1 aliphatic carbocycles. The fourth-order valence-corrected chi connectivity index (χ4v) is 3.28. The minimum absolute atomic E-state index is 0.323. The number of carboxylic acids is 1. The first kappa shape index (κ1) is 14.0. The van der Waals surface area contributed by atoms with E-state index < -0.39 is 5.97 Å². The topological polar surface area (TPSA) is 53.4 Å². The number of fused-ring (bicyclic) bond motifs is 1. The molecule has 2 atom stereocenters. The fourth-order valence-electron chi connectivity index (χ4n) is 3.28. The molecule has 110 valence electrons. The van der Waals surface area contributed by atoms with Crippen molar-refractivity contribution >= 4 is 16.9 Å². The van der Waals surface area contributed by atoms with Crippen LogP contribution in [0.15, 0.2) is 30.3 Å². The maximum Gasteiger partial charge on any atom is 0.336 e. The van der Waals surface area contributed by atoms with E-state index in [1.165, 1.54) is 6.42 Å². The molecule has 1 heterocycles. The smallest absolute Gasteiger partial charge is 0.336 e. The van der Waals surface area contributed by atoms with E-state index in [4.69, 9.17) is 4.98 Å². The van der Waals surface area contributed by atoms with E-state index in [9.17, 15) is 9.90 Å². The maximum atomic E-state index is 11.2. The molecule has 2 unspecified atom stereocenters. The zero-order chi connectivity index (χ0) is 15.0. The Kier molecular flexibility index (Phi) is 3.64. The van der Waals surface area contributed by atoms with E-state index in [0.717, 1.165) is 29.4 Å². The molecule has 0 radical (unpaired) electrons. The van der Waals surface area contributed by atoms with Crippen molar-refractivity contribution in [3.63, 3.8) is 0 Å². The number of aromatic nitrogens is 1. The van der Waals surface area contributed by atoms with Crippen molar-refractivity contribution in [2.45, 2.75) is 31.2 Å². The van der Waals surface area contributed by atoms with Gasteiger partial charge in [-0.05, 0) is 51.6 Å². The summed E-state index contributed by atoms with van der Waals surface area (Å²) in [5, 5.41) is 9.94. The highest BCUT2D eigenvalue weighted by atomic mass is 16.4. The first-order valence-corrected chi connectivity index (χ1v) is 7.35. The van der Waals surface area contributed by atoms with Gasteiger partial charge in [-0.25, -0.2) is 4.79 Å². The lowest BCUT2D eigenvalue weighted by atomic mass is 10.0. The van der Waals surface area contributed by atoms with Crippen molar-refractivity contribution in [2.75, 3.05) is 14.1 Å². The van der Waals surface area contributed by atoms with Crippen LogP contribution in [0.2, 0.25) is 0 Å². The third-order valence-electron chi connectivity index (χ3n) is 4.54. The van der Waals surface area contributed by atoms with Gasteiger partial charge in [0.15, 0.2) is 0 Å². The van der Waals surface area contributed by atoms with Crippen LogP contribution in [0.25, 0.3) is 10.9 Å². The first-order chi connectivity index (χ1) is 10.1. The zero-order valence-electron chi connectivity index (χ0n) is 12.4. The van der Waals surface area contributed by atoms with Crippen LogP contribution in [-0.2, 0) is 0 Å². The van der Waals surface area contributed by atoms with Crippen molar-refractivity contribution in [1.29, 1.82) is 0 Å². The second-order valence-electron chi connectivity index (χ2n) is 6.04. The summed E-state index contributed by atoms with van der Waals surface area (Å²) < 4.78 is 0. The summed E-state index contributed by atoms with van der Waals surface area (Å²) in [5.41, 5.74) is 2.19. The molecule has 0 bridgehead atoms. The molecule has 1 aromatic heterocycles. The van der Waals surface area contributed by atoms with Crippen LogP contribution >= 0.6 is 0 Å². The van der Waals surface area contributed by atoms with Crippen LogP contribution in [0.3, 0.4) is 0 Å². The van der Waals surface area contributed by atoms with Crippen LogP contribution < -0.4 is 0 Å². The van der Waals surface area contributed by atoms with Crippen molar-refractivity contribution in [3.05, 3.63) is 41.6 Å². The number of rotatable bonds is 3. The lowest BCUT2D eigenvalue weighted by Gasteiger charge is -2.18. The molecule has 21 heavy (non-hydrogen) atoms. The van der Waals surface area contributed by atoms with Gasteiger partial charge in [-0.2, -0.15) is 0 Å². The number of hydrogen-bond acceptors (Lipinski definition) is 3. The molecule has 1 fully saturated rings. The summed E-state index contributed by atoms with van der Waals surface area (Å²) >= 11 is 0. The Morgan fingerprint density at radius 1 is 1.24 bits per heavy atom. The second kappa shape index (κ2) is 5.45. The lowest BCUT2D eigenvalue weighted by molar-refractivity contribution is 0.0699. The number of carboxylic acid groups (broad SMARTS) is 1. The highest BCUT2D eigenvalue weighted by Gasteiger charge is 2.28. The Hall–Kier alpha value is -1.94. The number of hydrogen-bond donors (Lipinski definition) is 1. The molecule has 1 aliphatic rings. The van der Waals surface area contributed by atoms with Crippen molar-refractivity contribution < 1.29 is 9.90 Å². The molecule has 1 saturated carbocycles. The average molecular weight is 284 g/mol. The van der Waals surface area contributed by atoms with Gasteiger partial charge < -0.3 is 10.0 Å². The largest absolute Gasteiger partial charge is 0.478 e. The van der Waals surface area contributed by atoms with Gasteiger partial charge >= 0.3 is 5.97 Å². The van der Waals surface area contributed by atoms with E-state index in [2.05, 4.69) is 19.0 Å². The van der Waals surface area contributed by atoms with Gasteiger partial charge in [0, 0.05) is 23.0 Å². The Bertz CT molecular complexity index is 682. The fraction of sp³-hybridized carbons (Fsp3) is 0.412. The van der Waals surface area contributed by atoms with Crippen LogP contribution in [0.1, 0.15) is 41.2 Å². The van der Waals surface area contributed by atoms with Crippen molar-refractivity contribution in [2.24, 2.45) is 0 Å². The van der Waals surface area contributed by atoms with Gasteiger partial charge in [-0.3, -0.25) is 4.98 Å². The molecule has 2 aromatic rings. The van der Waals surface area contributed by atoms with Crippen LogP contribution in [-0.4, -0.2) is 41.1 Å². The van der Waals surface area contributed by atoms with Gasteiger partial charge in [0.05, 0.1) is 11.1 Å².